The van der Waals surface area contributed by atoms with Crippen LogP contribution in [-0.2, 0) is 12.8 Å². The molecule has 0 atom stereocenters. The van der Waals surface area contributed by atoms with Crippen molar-refractivity contribution in [3.05, 3.63) is 40.1 Å². The van der Waals surface area contributed by atoms with Gasteiger partial charge >= 0.3 is 6.18 Å². The van der Waals surface area contributed by atoms with Gasteiger partial charge in [0.15, 0.2) is 0 Å². The minimum Gasteiger partial charge on any atom is -0.391 e. The molecule has 2 nitrogen and oxygen atoms in total. The summed E-state index contributed by atoms with van der Waals surface area (Å²) in [5, 5.41) is 12.0. The van der Waals surface area contributed by atoms with E-state index in [1.807, 2.05) is 0 Å². The van der Waals surface area contributed by atoms with Gasteiger partial charge in [0, 0.05) is 12.6 Å². The maximum absolute atomic E-state index is 13.1. The average Bonchev–Trinajstić information content (AvgIpc) is 2.78. The van der Waals surface area contributed by atoms with Crippen LogP contribution in [0.4, 0.5) is 18.9 Å². The highest BCUT2D eigenvalue weighted by Crippen LogP contribution is 2.48. The van der Waals surface area contributed by atoms with Crippen LogP contribution in [0.1, 0.15) is 9.75 Å². The second-order valence-corrected chi connectivity index (χ2v) is 4.98. The number of anilines is 1. The van der Waals surface area contributed by atoms with Gasteiger partial charge in [-0.15, -0.1) is 11.3 Å². The fraction of sp³-hybridized carbons (Fsp3) is 0.231. The molecule has 0 unspecified atom stereocenters. The third kappa shape index (κ3) is 2.59. The van der Waals surface area contributed by atoms with Crippen molar-refractivity contribution in [1.82, 2.24) is 0 Å². The van der Waals surface area contributed by atoms with E-state index in [9.17, 15) is 18.3 Å². The molecule has 0 fully saturated rings. The van der Waals surface area contributed by atoms with E-state index in [-0.39, 0.29) is 10.4 Å². The van der Waals surface area contributed by atoms with Crippen molar-refractivity contribution in [2.45, 2.75) is 12.8 Å². The molecule has 19 heavy (non-hydrogen) atoms. The van der Waals surface area contributed by atoms with Crippen LogP contribution in [0.15, 0.2) is 30.3 Å². The van der Waals surface area contributed by atoms with E-state index in [2.05, 4.69) is 5.32 Å². The van der Waals surface area contributed by atoms with E-state index in [0.29, 0.717) is 22.6 Å². The van der Waals surface area contributed by atoms with E-state index in [4.69, 9.17) is 0 Å². The maximum atomic E-state index is 13.1. The summed E-state index contributed by atoms with van der Waals surface area (Å²) >= 11 is 0.575. The molecule has 0 aliphatic heterocycles. The molecule has 2 aromatic rings. The lowest BCUT2D eigenvalue weighted by Gasteiger charge is -2.10. The molecule has 2 rings (SSSR count). The molecule has 0 saturated heterocycles. The molecule has 0 amide bonds. The molecule has 0 bridgehead atoms. The molecule has 1 aromatic heterocycles. The predicted octanol–water partition coefficient (Wildman–Crippen LogP) is 3.97. The van der Waals surface area contributed by atoms with Crippen LogP contribution in [0.3, 0.4) is 0 Å². The third-order valence-electron chi connectivity index (χ3n) is 2.69. The Bertz CT molecular complexity index is 563. The number of aliphatic hydroxyl groups is 1. The first-order valence-electron chi connectivity index (χ1n) is 5.56. The molecule has 2 N–H and O–H groups in total. The van der Waals surface area contributed by atoms with Gasteiger partial charge in [0.2, 0.25) is 0 Å². The monoisotopic (exact) mass is 287 g/mol. The van der Waals surface area contributed by atoms with Crippen molar-refractivity contribution in [1.29, 1.82) is 0 Å². The number of aliphatic hydroxyl groups excluding tert-OH is 1. The first-order chi connectivity index (χ1) is 8.99. The fourth-order valence-corrected chi connectivity index (χ4v) is 2.99. The fourth-order valence-electron chi connectivity index (χ4n) is 1.93. The molecule has 1 heterocycles. The number of alkyl halides is 3. The quantitative estimate of drug-likeness (QED) is 0.895. The number of nitrogens with one attached hydrogen (secondary N) is 1. The molecule has 6 heteroatoms. The molecular formula is C13H12F3NOS. The SMILES string of the molecule is CNc1c(CO)sc(C(F)(F)F)c1-c1ccccc1. The zero-order chi connectivity index (χ0) is 14.0. The van der Waals surface area contributed by atoms with Crippen molar-refractivity contribution in [3.8, 4) is 11.1 Å². The normalized spacial score (nSPS) is 11.6. The Hall–Kier alpha value is -1.53. The minimum absolute atomic E-state index is 0.102. The van der Waals surface area contributed by atoms with Crippen LogP contribution in [0.5, 0.6) is 0 Å². The largest absolute Gasteiger partial charge is 0.426 e. The van der Waals surface area contributed by atoms with Gasteiger partial charge < -0.3 is 10.4 Å². The molecule has 0 aliphatic rings. The molecule has 0 saturated carbocycles. The number of hydrogen-bond acceptors (Lipinski definition) is 3. The summed E-state index contributed by atoms with van der Waals surface area (Å²) in [5.41, 5.74) is 0.922. The van der Waals surface area contributed by atoms with E-state index >= 15 is 0 Å². The first kappa shape index (κ1) is 13.9. The Balaban J connectivity index is 2.72. The maximum Gasteiger partial charge on any atom is 0.426 e. The van der Waals surface area contributed by atoms with Gasteiger partial charge in [0.05, 0.1) is 17.2 Å². The Kier molecular flexibility index (Phi) is 3.82. The van der Waals surface area contributed by atoms with Crippen LogP contribution >= 0.6 is 11.3 Å². The third-order valence-corrected chi connectivity index (χ3v) is 3.91. The van der Waals surface area contributed by atoms with Gasteiger partial charge in [0.25, 0.3) is 0 Å². The number of rotatable bonds is 3. The van der Waals surface area contributed by atoms with Gasteiger partial charge in [-0.05, 0) is 5.56 Å². The van der Waals surface area contributed by atoms with Crippen molar-refractivity contribution < 1.29 is 18.3 Å². The second-order valence-electron chi connectivity index (χ2n) is 3.88. The highest BCUT2D eigenvalue weighted by atomic mass is 32.1. The average molecular weight is 287 g/mol. The zero-order valence-electron chi connectivity index (χ0n) is 10.1. The van der Waals surface area contributed by atoms with Gasteiger partial charge in [0.1, 0.15) is 4.88 Å². The number of benzene rings is 1. The summed E-state index contributed by atoms with van der Waals surface area (Å²) < 4.78 is 39.3. The van der Waals surface area contributed by atoms with Gasteiger partial charge in [-0.3, -0.25) is 0 Å². The summed E-state index contributed by atoms with van der Waals surface area (Å²) in [6.45, 7) is -0.420. The molecule has 0 aliphatic carbocycles. The minimum atomic E-state index is -4.44. The van der Waals surface area contributed by atoms with E-state index in [0.717, 1.165) is 0 Å². The number of hydrogen-bond donors (Lipinski definition) is 2. The summed E-state index contributed by atoms with van der Waals surface area (Å²) in [4.78, 5) is -0.402. The Morgan fingerprint density at radius 2 is 1.84 bits per heavy atom. The molecule has 102 valence electrons. The van der Waals surface area contributed by atoms with Crippen molar-refractivity contribution >= 4 is 17.0 Å². The standard InChI is InChI=1S/C13H12F3NOS/c1-17-11-9(7-18)19-12(13(14,15)16)10(11)8-5-3-2-4-6-8/h2-6,17-18H,7H2,1H3. The molecule has 0 radical (unpaired) electrons. The van der Waals surface area contributed by atoms with Gasteiger partial charge in [-0.2, -0.15) is 13.2 Å². The summed E-state index contributed by atoms with van der Waals surface area (Å²) in [7, 11) is 1.55. The van der Waals surface area contributed by atoms with Crippen LogP contribution in [0.2, 0.25) is 0 Å². The predicted molar refractivity (Wildman–Crippen MR) is 70.2 cm³/mol. The molecule has 0 spiro atoms. The Morgan fingerprint density at radius 1 is 1.21 bits per heavy atom. The van der Waals surface area contributed by atoms with Crippen LogP contribution in [-0.4, -0.2) is 12.2 Å². The number of thiophene rings is 1. The van der Waals surface area contributed by atoms with Crippen molar-refractivity contribution in [3.63, 3.8) is 0 Å². The van der Waals surface area contributed by atoms with Gasteiger partial charge in [-0.1, -0.05) is 30.3 Å². The van der Waals surface area contributed by atoms with E-state index in [1.54, 1.807) is 37.4 Å². The van der Waals surface area contributed by atoms with Gasteiger partial charge in [-0.25, -0.2) is 0 Å². The zero-order valence-corrected chi connectivity index (χ0v) is 10.9. The van der Waals surface area contributed by atoms with E-state index < -0.39 is 17.7 Å². The molecule has 1 aromatic carbocycles. The summed E-state index contributed by atoms with van der Waals surface area (Å²) in [6.07, 6.45) is -4.44. The Morgan fingerprint density at radius 3 is 2.32 bits per heavy atom. The summed E-state index contributed by atoms with van der Waals surface area (Å²) in [5.74, 6) is 0. The Labute approximate surface area is 112 Å². The van der Waals surface area contributed by atoms with Crippen LogP contribution in [0.25, 0.3) is 11.1 Å². The van der Waals surface area contributed by atoms with Crippen molar-refractivity contribution in [2.75, 3.05) is 12.4 Å². The number of halogens is 3. The molecular weight excluding hydrogens is 275 g/mol. The highest BCUT2D eigenvalue weighted by molar-refractivity contribution is 7.13. The van der Waals surface area contributed by atoms with E-state index in [1.165, 1.54) is 0 Å². The first-order valence-corrected chi connectivity index (χ1v) is 6.37. The summed E-state index contributed by atoms with van der Waals surface area (Å²) in [6, 6.07) is 8.37. The van der Waals surface area contributed by atoms with Crippen molar-refractivity contribution in [2.24, 2.45) is 0 Å². The lowest BCUT2D eigenvalue weighted by Crippen LogP contribution is -2.04. The van der Waals surface area contributed by atoms with Crippen LogP contribution in [0, 0.1) is 0 Å². The lowest BCUT2D eigenvalue weighted by molar-refractivity contribution is -0.133. The lowest BCUT2D eigenvalue weighted by atomic mass is 10.0. The highest BCUT2D eigenvalue weighted by Gasteiger charge is 2.38. The van der Waals surface area contributed by atoms with Crippen LogP contribution < -0.4 is 5.32 Å². The smallest absolute Gasteiger partial charge is 0.391 e. The topological polar surface area (TPSA) is 32.3 Å². The second kappa shape index (κ2) is 5.22.